The van der Waals surface area contributed by atoms with Crippen LogP contribution in [0.1, 0.15) is 12.8 Å². The minimum absolute atomic E-state index is 0.00287. The van der Waals surface area contributed by atoms with Gasteiger partial charge in [0.05, 0.1) is 5.70 Å². The number of piperidine rings is 1. The van der Waals surface area contributed by atoms with Crippen molar-refractivity contribution in [2.45, 2.75) is 12.8 Å². The zero-order valence-corrected chi connectivity index (χ0v) is 8.31. The summed E-state index contributed by atoms with van der Waals surface area (Å²) in [5, 5.41) is 5.86. The van der Waals surface area contributed by atoms with Crippen LogP contribution in [0.5, 0.6) is 0 Å². The maximum atomic E-state index is 11.6. The quantitative estimate of drug-likeness (QED) is 0.559. The molecule has 1 amide bonds. The average molecular weight is 195 g/mol. The summed E-state index contributed by atoms with van der Waals surface area (Å²) in [6, 6.07) is 0. The molecule has 0 aromatic heterocycles. The molecule has 4 nitrogen and oxygen atoms in total. The molecule has 1 rings (SSSR count). The molecule has 4 heteroatoms. The molecule has 0 bridgehead atoms. The maximum absolute atomic E-state index is 11.6. The Morgan fingerprint density at radius 1 is 1.36 bits per heavy atom. The van der Waals surface area contributed by atoms with Crippen molar-refractivity contribution >= 4 is 5.91 Å². The molecular weight excluding hydrogens is 178 g/mol. The summed E-state index contributed by atoms with van der Waals surface area (Å²) < 4.78 is 0. The van der Waals surface area contributed by atoms with Gasteiger partial charge < -0.3 is 16.4 Å². The van der Waals surface area contributed by atoms with Gasteiger partial charge in [-0.2, -0.15) is 0 Å². The standard InChI is InChI=1S/C10H17N3O/c1-7(11)8(2)13-10(14)9-3-5-12-6-4-9/h9,12H,1-6,11H2,(H,13,14). The summed E-state index contributed by atoms with van der Waals surface area (Å²) in [6.07, 6.45) is 1.74. The van der Waals surface area contributed by atoms with Crippen molar-refractivity contribution in [2.24, 2.45) is 11.7 Å². The van der Waals surface area contributed by atoms with Crippen LogP contribution in [-0.2, 0) is 4.79 Å². The third-order valence-electron chi connectivity index (χ3n) is 2.37. The van der Waals surface area contributed by atoms with Crippen LogP contribution in [-0.4, -0.2) is 19.0 Å². The number of hydrogen-bond acceptors (Lipinski definition) is 3. The summed E-state index contributed by atoms with van der Waals surface area (Å²) in [5.41, 5.74) is 6.12. The fourth-order valence-corrected chi connectivity index (χ4v) is 1.42. The van der Waals surface area contributed by atoms with Gasteiger partial charge in [-0.05, 0) is 25.9 Å². The highest BCUT2D eigenvalue weighted by Crippen LogP contribution is 2.12. The van der Waals surface area contributed by atoms with E-state index in [4.69, 9.17) is 5.73 Å². The molecule has 0 saturated carbocycles. The van der Waals surface area contributed by atoms with Gasteiger partial charge in [-0.1, -0.05) is 13.2 Å². The van der Waals surface area contributed by atoms with Gasteiger partial charge in [-0.15, -0.1) is 0 Å². The Labute approximate surface area is 84.2 Å². The molecule has 1 saturated heterocycles. The van der Waals surface area contributed by atoms with Crippen LogP contribution in [0.3, 0.4) is 0 Å². The lowest BCUT2D eigenvalue weighted by molar-refractivity contribution is -0.124. The van der Waals surface area contributed by atoms with E-state index in [1.807, 2.05) is 0 Å². The highest BCUT2D eigenvalue weighted by atomic mass is 16.1. The van der Waals surface area contributed by atoms with Crippen molar-refractivity contribution in [3.8, 4) is 0 Å². The zero-order chi connectivity index (χ0) is 10.6. The van der Waals surface area contributed by atoms with Gasteiger partial charge in [0.2, 0.25) is 5.91 Å². The van der Waals surface area contributed by atoms with E-state index in [9.17, 15) is 4.79 Å². The number of rotatable bonds is 3. The average Bonchev–Trinajstić information content (AvgIpc) is 2.19. The fourth-order valence-electron chi connectivity index (χ4n) is 1.42. The molecular formula is C10H17N3O. The second-order valence-corrected chi connectivity index (χ2v) is 3.52. The minimum atomic E-state index is 0.00287. The van der Waals surface area contributed by atoms with Gasteiger partial charge in [-0.3, -0.25) is 4.79 Å². The number of nitrogens with two attached hydrogens (primary N) is 1. The molecule has 1 aliphatic rings. The Morgan fingerprint density at radius 3 is 2.43 bits per heavy atom. The first-order valence-corrected chi connectivity index (χ1v) is 4.76. The van der Waals surface area contributed by atoms with Crippen molar-refractivity contribution in [3.05, 3.63) is 24.6 Å². The van der Waals surface area contributed by atoms with E-state index in [1.165, 1.54) is 0 Å². The fraction of sp³-hybridized carbons (Fsp3) is 0.500. The van der Waals surface area contributed by atoms with E-state index in [0.717, 1.165) is 25.9 Å². The van der Waals surface area contributed by atoms with Crippen LogP contribution < -0.4 is 16.4 Å². The predicted octanol–water partition coefficient (Wildman–Crippen LogP) is 0.0883. The normalized spacial score (nSPS) is 17.4. The predicted molar refractivity (Wildman–Crippen MR) is 56.2 cm³/mol. The molecule has 0 aromatic carbocycles. The first-order chi connectivity index (χ1) is 6.61. The summed E-state index contributed by atoms with van der Waals surface area (Å²) in [6.45, 7) is 8.92. The second kappa shape index (κ2) is 4.81. The third-order valence-corrected chi connectivity index (χ3v) is 2.37. The summed E-state index contributed by atoms with van der Waals surface area (Å²) >= 11 is 0. The monoisotopic (exact) mass is 195 g/mol. The van der Waals surface area contributed by atoms with Crippen LogP contribution in [0.15, 0.2) is 24.6 Å². The Morgan fingerprint density at radius 2 is 1.93 bits per heavy atom. The van der Waals surface area contributed by atoms with Gasteiger partial charge in [0.1, 0.15) is 0 Å². The van der Waals surface area contributed by atoms with Crippen molar-refractivity contribution in [1.29, 1.82) is 0 Å². The molecule has 0 spiro atoms. The van der Waals surface area contributed by atoms with Crippen molar-refractivity contribution in [2.75, 3.05) is 13.1 Å². The summed E-state index contributed by atoms with van der Waals surface area (Å²) in [7, 11) is 0. The first kappa shape index (κ1) is 10.8. The molecule has 4 N–H and O–H groups in total. The van der Waals surface area contributed by atoms with Crippen LogP contribution in [0.4, 0.5) is 0 Å². The van der Waals surface area contributed by atoms with Crippen LogP contribution in [0.25, 0.3) is 0 Å². The second-order valence-electron chi connectivity index (χ2n) is 3.52. The van der Waals surface area contributed by atoms with Crippen molar-refractivity contribution in [1.82, 2.24) is 10.6 Å². The molecule has 0 aliphatic carbocycles. The van der Waals surface area contributed by atoms with E-state index in [1.54, 1.807) is 0 Å². The molecule has 0 unspecified atom stereocenters. The van der Waals surface area contributed by atoms with E-state index >= 15 is 0 Å². The number of nitrogens with one attached hydrogen (secondary N) is 2. The smallest absolute Gasteiger partial charge is 0.227 e. The summed E-state index contributed by atoms with van der Waals surface area (Å²) in [4.78, 5) is 11.6. The van der Waals surface area contributed by atoms with Gasteiger partial charge in [0, 0.05) is 11.6 Å². The van der Waals surface area contributed by atoms with Crippen LogP contribution in [0.2, 0.25) is 0 Å². The minimum Gasteiger partial charge on any atom is -0.398 e. The summed E-state index contributed by atoms with van der Waals surface area (Å²) in [5.74, 6) is 0.0791. The number of amides is 1. The third kappa shape index (κ3) is 2.88. The highest BCUT2D eigenvalue weighted by Gasteiger charge is 2.20. The van der Waals surface area contributed by atoms with Crippen molar-refractivity contribution in [3.63, 3.8) is 0 Å². The van der Waals surface area contributed by atoms with Gasteiger partial charge >= 0.3 is 0 Å². The Bertz CT molecular complexity index is 254. The van der Waals surface area contributed by atoms with Crippen molar-refractivity contribution < 1.29 is 4.79 Å². The Balaban J connectivity index is 2.40. The lowest BCUT2D eigenvalue weighted by Crippen LogP contribution is -2.38. The largest absolute Gasteiger partial charge is 0.398 e. The number of carbonyl (C=O) groups is 1. The zero-order valence-electron chi connectivity index (χ0n) is 8.31. The molecule has 78 valence electrons. The molecule has 0 atom stereocenters. The SMILES string of the molecule is C=C(N)C(=C)NC(=O)C1CCNCC1. The first-order valence-electron chi connectivity index (χ1n) is 4.76. The van der Waals surface area contributed by atoms with E-state index in [0.29, 0.717) is 11.4 Å². The Kier molecular flexibility index (Phi) is 3.71. The topological polar surface area (TPSA) is 67.1 Å². The number of hydrogen-bond donors (Lipinski definition) is 3. The van der Waals surface area contributed by atoms with E-state index < -0.39 is 0 Å². The van der Waals surface area contributed by atoms with Gasteiger partial charge in [0.25, 0.3) is 0 Å². The molecule has 0 radical (unpaired) electrons. The van der Waals surface area contributed by atoms with E-state index in [-0.39, 0.29) is 11.8 Å². The maximum Gasteiger partial charge on any atom is 0.227 e. The molecule has 14 heavy (non-hydrogen) atoms. The van der Waals surface area contributed by atoms with Gasteiger partial charge in [0.15, 0.2) is 0 Å². The molecule has 1 fully saturated rings. The molecule has 1 heterocycles. The molecule has 0 aromatic rings. The van der Waals surface area contributed by atoms with Crippen LogP contribution >= 0.6 is 0 Å². The lowest BCUT2D eigenvalue weighted by Gasteiger charge is -2.22. The lowest BCUT2D eigenvalue weighted by atomic mass is 9.97. The van der Waals surface area contributed by atoms with Crippen LogP contribution in [0, 0.1) is 5.92 Å². The van der Waals surface area contributed by atoms with Gasteiger partial charge in [-0.25, -0.2) is 0 Å². The highest BCUT2D eigenvalue weighted by molar-refractivity contribution is 5.81. The number of carbonyl (C=O) groups excluding carboxylic acids is 1. The molecule has 1 aliphatic heterocycles. The Hall–Kier alpha value is -1.29. The van der Waals surface area contributed by atoms with E-state index in [2.05, 4.69) is 23.8 Å².